The molecular weight excluding hydrogens is 444 g/mol. The van der Waals surface area contributed by atoms with Crippen molar-refractivity contribution in [1.29, 1.82) is 0 Å². The van der Waals surface area contributed by atoms with Crippen LogP contribution in [0.1, 0.15) is 76.5 Å². The molecule has 1 heterocycles. The van der Waals surface area contributed by atoms with Crippen LogP contribution in [0.2, 0.25) is 0 Å². The molecule has 35 heavy (non-hydrogen) atoms. The van der Waals surface area contributed by atoms with Gasteiger partial charge < -0.3 is 14.8 Å². The molecule has 2 aromatic rings. The lowest BCUT2D eigenvalue weighted by Crippen LogP contribution is -2.47. The number of anilines is 1. The van der Waals surface area contributed by atoms with E-state index in [0.717, 1.165) is 30.4 Å². The quantitative estimate of drug-likeness (QED) is 0.566. The van der Waals surface area contributed by atoms with Crippen LogP contribution in [0.3, 0.4) is 0 Å². The zero-order chi connectivity index (χ0) is 25.2. The average molecular weight is 481 g/mol. The summed E-state index contributed by atoms with van der Waals surface area (Å²) in [5, 5.41) is 2.85. The first kappa shape index (κ1) is 25.2. The molecule has 0 radical (unpaired) electrons. The van der Waals surface area contributed by atoms with Crippen molar-refractivity contribution in [3.05, 3.63) is 59.7 Å². The summed E-state index contributed by atoms with van der Waals surface area (Å²) in [6.07, 6.45) is 3.10. The smallest absolute Gasteiger partial charge is 0.310 e. The van der Waals surface area contributed by atoms with E-state index in [1.165, 1.54) is 6.92 Å². The number of rotatable bonds is 5. The number of methoxy groups -OCH3 is 1. The second-order valence-electron chi connectivity index (χ2n) is 10.6. The Balaban J connectivity index is 1.69. The molecule has 4 atom stereocenters. The van der Waals surface area contributed by atoms with Gasteiger partial charge in [0.05, 0.1) is 24.7 Å². The molecule has 2 fully saturated rings. The largest absolute Gasteiger partial charge is 0.496 e. The predicted octanol–water partition coefficient (Wildman–Crippen LogP) is 5.28. The first-order valence-corrected chi connectivity index (χ1v) is 12.3. The van der Waals surface area contributed by atoms with Gasteiger partial charge in [-0.05, 0) is 63.8 Å². The first-order chi connectivity index (χ1) is 16.6. The summed E-state index contributed by atoms with van der Waals surface area (Å²) in [7, 11) is 1.63. The maximum absolute atomic E-state index is 13.4. The minimum absolute atomic E-state index is 0.134. The minimum Gasteiger partial charge on any atom is -0.496 e. The number of hydroxylamine groups is 1. The number of hydrogen-bond acceptors (Lipinski definition) is 6. The molecule has 2 N–H and O–H groups in total. The van der Waals surface area contributed by atoms with Gasteiger partial charge in [-0.1, -0.05) is 30.3 Å². The number of carbonyl (C=O) groups is 2. The summed E-state index contributed by atoms with van der Waals surface area (Å²) in [4.78, 5) is 31.4. The zero-order valence-corrected chi connectivity index (χ0v) is 21.2. The van der Waals surface area contributed by atoms with E-state index in [-0.39, 0.29) is 29.8 Å². The number of amides is 1. The summed E-state index contributed by atoms with van der Waals surface area (Å²) in [5.74, 6) is -0.0616. The van der Waals surface area contributed by atoms with Crippen LogP contribution in [0.4, 0.5) is 5.69 Å². The van der Waals surface area contributed by atoms with E-state index in [2.05, 4.69) is 22.9 Å². The molecule has 188 valence electrons. The average Bonchev–Trinajstić information content (AvgIpc) is 3.21. The van der Waals surface area contributed by atoms with Gasteiger partial charge in [0.2, 0.25) is 5.91 Å². The second-order valence-corrected chi connectivity index (χ2v) is 10.6. The van der Waals surface area contributed by atoms with E-state index in [4.69, 9.17) is 14.3 Å². The Morgan fingerprint density at radius 1 is 1.14 bits per heavy atom. The van der Waals surface area contributed by atoms with Crippen LogP contribution in [0.25, 0.3) is 0 Å². The van der Waals surface area contributed by atoms with E-state index in [9.17, 15) is 9.59 Å². The van der Waals surface area contributed by atoms with E-state index in [0.29, 0.717) is 17.9 Å². The van der Waals surface area contributed by atoms with Gasteiger partial charge >= 0.3 is 5.97 Å². The van der Waals surface area contributed by atoms with E-state index < -0.39 is 11.2 Å². The summed E-state index contributed by atoms with van der Waals surface area (Å²) in [6.45, 7) is 7.19. The molecule has 1 saturated heterocycles. The lowest BCUT2D eigenvalue weighted by molar-refractivity contribution is -0.170. The molecule has 1 amide bonds. The van der Waals surface area contributed by atoms with Crippen molar-refractivity contribution < 1.29 is 23.9 Å². The molecule has 2 aliphatic rings. The van der Waals surface area contributed by atoms with Crippen molar-refractivity contribution in [2.45, 2.75) is 76.5 Å². The van der Waals surface area contributed by atoms with Crippen molar-refractivity contribution in [2.75, 3.05) is 12.4 Å². The van der Waals surface area contributed by atoms with Gasteiger partial charge in [0.15, 0.2) is 0 Å². The number of nitrogens with one attached hydrogen (secondary N) is 2. The van der Waals surface area contributed by atoms with Gasteiger partial charge in [0.1, 0.15) is 11.4 Å². The fraction of sp³-hybridized carbons (Fsp3) is 0.500. The van der Waals surface area contributed by atoms with Crippen LogP contribution in [-0.2, 0) is 19.2 Å². The van der Waals surface area contributed by atoms with Crippen molar-refractivity contribution >= 4 is 17.6 Å². The van der Waals surface area contributed by atoms with Gasteiger partial charge in [-0.15, -0.1) is 0 Å². The number of esters is 1. The summed E-state index contributed by atoms with van der Waals surface area (Å²) in [6, 6.07) is 15.6. The number of hydrogen-bond donors (Lipinski definition) is 2. The van der Waals surface area contributed by atoms with E-state index in [1.54, 1.807) is 7.11 Å². The van der Waals surface area contributed by atoms with Crippen molar-refractivity contribution in [3.8, 4) is 5.75 Å². The Labute approximate surface area is 207 Å². The Morgan fingerprint density at radius 3 is 2.54 bits per heavy atom. The molecule has 1 aliphatic carbocycles. The van der Waals surface area contributed by atoms with Crippen LogP contribution in [0, 0.1) is 5.92 Å². The van der Waals surface area contributed by atoms with Crippen LogP contribution in [-0.4, -0.2) is 30.2 Å². The van der Waals surface area contributed by atoms with Gasteiger partial charge in [-0.2, -0.15) is 5.48 Å². The predicted molar refractivity (Wildman–Crippen MR) is 134 cm³/mol. The van der Waals surface area contributed by atoms with Gasteiger partial charge in [-0.3, -0.25) is 14.4 Å². The minimum atomic E-state index is -0.582. The number of carbonyl (C=O) groups excluding carboxylic acids is 2. The first-order valence-electron chi connectivity index (χ1n) is 12.3. The van der Waals surface area contributed by atoms with Crippen LogP contribution < -0.4 is 15.5 Å². The maximum Gasteiger partial charge on any atom is 0.310 e. The molecule has 1 saturated carbocycles. The highest BCUT2D eigenvalue weighted by Gasteiger charge is 2.55. The molecule has 2 aromatic carbocycles. The topological polar surface area (TPSA) is 85.9 Å². The van der Waals surface area contributed by atoms with Gasteiger partial charge in [0.25, 0.3) is 0 Å². The van der Waals surface area contributed by atoms with Gasteiger partial charge in [0, 0.05) is 30.5 Å². The third-order valence-electron chi connectivity index (χ3n) is 6.83. The number of benzene rings is 2. The summed E-state index contributed by atoms with van der Waals surface area (Å²) < 4.78 is 11.5. The maximum atomic E-state index is 13.4. The standard InChI is InChI=1S/C28H36N2O5/c1-18(31)29-20-13-14-24(33-5)22(16-20)23-17-28(35-30-23)15-9-12-21(26(32)34-27(2,3)4)25(28)19-10-7-6-8-11-19/h6-8,10-11,13-14,16,21,23,25,30H,9,12,15,17H2,1-5H3,(H,29,31)/t21?,23-,25+,28+/m0/s1. The highest BCUT2D eigenvalue weighted by Crippen LogP contribution is 2.54. The summed E-state index contributed by atoms with van der Waals surface area (Å²) >= 11 is 0. The Bertz CT molecular complexity index is 1060. The molecule has 4 rings (SSSR count). The molecule has 7 heteroatoms. The zero-order valence-electron chi connectivity index (χ0n) is 21.2. The third kappa shape index (κ3) is 5.52. The molecule has 1 spiro atoms. The van der Waals surface area contributed by atoms with E-state index in [1.807, 2.05) is 57.2 Å². The highest BCUT2D eigenvalue weighted by molar-refractivity contribution is 5.88. The molecule has 0 bridgehead atoms. The molecular formula is C28H36N2O5. The highest BCUT2D eigenvalue weighted by atomic mass is 16.7. The van der Waals surface area contributed by atoms with Crippen molar-refractivity contribution in [1.82, 2.24) is 5.48 Å². The van der Waals surface area contributed by atoms with Crippen molar-refractivity contribution in [2.24, 2.45) is 5.92 Å². The lowest BCUT2D eigenvalue weighted by Gasteiger charge is -2.44. The Hall–Kier alpha value is -2.90. The SMILES string of the molecule is COc1ccc(NC(C)=O)cc1[C@@H]1C[C@@]2(CCCC(C(=O)OC(C)(C)C)[C@H]2c2ccccc2)ON1. The Morgan fingerprint density at radius 2 is 1.89 bits per heavy atom. The molecule has 0 aromatic heterocycles. The van der Waals surface area contributed by atoms with Crippen LogP contribution in [0.15, 0.2) is 48.5 Å². The fourth-order valence-corrected chi connectivity index (χ4v) is 5.56. The molecule has 1 aliphatic heterocycles. The summed E-state index contributed by atoms with van der Waals surface area (Å²) in [5.41, 5.74) is 4.79. The van der Waals surface area contributed by atoms with Crippen molar-refractivity contribution in [3.63, 3.8) is 0 Å². The lowest BCUT2D eigenvalue weighted by atomic mass is 9.64. The van der Waals surface area contributed by atoms with Gasteiger partial charge in [-0.25, -0.2) is 0 Å². The van der Waals surface area contributed by atoms with Crippen LogP contribution >= 0.6 is 0 Å². The monoisotopic (exact) mass is 480 g/mol. The second kappa shape index (κ2) is 9.99. The molecule has 7 nitrogen and oxygen atoms in total. The third-order valence-corrected chi connectivity index (χ3v) is 6.83. The van der Waals surface area contributed by atoms with E-state index >= 15 is 0 Å². The fourth-order valence-electron chi connectivity index (χ4n) is 5.56. The molecule has 1 unspecified atom stereocenters. The normalized spacial score (nSPS) is 26.4. The van der Waals surface area contributed by atoms with Crippen LogP contribution in [0.5, 0.6) is 5.75 Å². The number of ether oxygens (including phenoxy) is 2. The Kier molecular flexibility index (Phi) is 7.20.